The fourth-order valence-electron chi connectivity index (χ4n) is 1.83. The van der Waals surface area contributed by atoms with Crippen molar-refractivity contribution in [2.45, 2.75) is 13.3 Å². The van der Waals surface area contributed by atoms with E-state index in [4.69, 9.17) is 10.2 Å². The van der Waals surface area contributed by atoms with E-state index in [9.17, 15) is 14.0 Å². The first-order chi connectivity index (χ1) is 9.38. The molecule has 0 saturated heterocycles. The summed E-state index contributed by atoms with van der Waals surface area (Å²) in [6, 6.07) is 5.96. The minimum atomic E-state index is -0.998. The Kier molecular flexibility index (Phi) is 6.11. The summed E-state index contributed by atoms with van der Waals surface area (Å²) in [7, 11) is 0. The van der Waals surface area contributed by atoms with Gasteiger partial charge in [-0.2, -0.15) is 0 Å². The van der Waals surface area contributed by atoms with Crippen molar-refractivity contribution in [1.82, 2.24) is 4.90 Å². The molecule has 0 heterocycles. The molecule has 0 spiro atoms. The zero-order valence-electron chi connectivity index (χ0n) is 11.3. The highest BCUT2D eigenvalue weighted by Crippen LogP contribution is 2.06. The van der Waals surface area contributed by atoms with Gasteiger partial charge in [0.1, 0.15) is 5.82 Å². The number of carboxylic acid groups (broad SMARTS) is 2. The Morgan fingerprint density at radius 2 is 1.85 bits per heavy atom. The van der Waals surface area contributed by atoms with Gasteiger partial charge >= 0.3 is 11.9 Å². The number of rotatable bonds is 8. The summed E-state index contributed by atoms with van der Waals surface area (Å²) >= 11 is 0. The third-order valence-corrected chi connectivity index (χ3v) is 2.94. The van der Waals surface area contributed by atoms with Gasteiger partial charge < -0.3 is 10.2 Å². The average Bonchev–Trinajstić information content (AvgIpc) is 2.37. The minimum absolute atomic E-state index is 0.169. The molecule has 20 heavy (non-hydrogen) atoms. The second-order valence-electron chi connectivity index (χ2n) is 4.74. The molecule has 1 aromatic carbocycles. The smallest absolute Gasteiger partial charge is 0.317 e. The summed E-state index contributed by atoms with van der Waals surface area (Å²) in [5.41, 5.74) is 0.879. The van der Waals surface area contributed by atoms with Gasteiger partial charge in [0.25, 0.3) is 0 Å². The SMILES string of the molecule is CC(CN(CCc1ccc(F)cc1)CC(=O)O)C(=O)O. The van der Waals surface area contributed by atoms with Crippen LogP contribution in [0.2, 0.25) is 0 Å². The van der Waals surface area contributed by atoms with Crippen LogP contribution in [0.25, 0.3) is 0 Å². The summed E-state index contributed by atoms with van der Waals surface area (Å²) < 4.78 is 12.8. The first-order valence-corrected chi connectivity index (χ1v) is 6.30. The van der Waals surface area contributed by atoms with E-state index in [1.54, 1.807) is 17.0 Å². The standard InChI is InChI=1S/C14H18FNO4/c1-10(14(19)20)8-16(9-13(17)18)7-6-11-2-4-12(15)5-3-11/h2-5,10H,6-9H2,1H3,(H,17,18)(H,19,20). The van der Waals surface area contributed by atoms with E-state index in [1.165, 1.54) is 19.1 Å². The maximum atomic E-state index is 12.8. The van der Waals surface area contributed by atoms with Gasteiger partial charge in [0, 0.05) is 13.1 Å². The van der Waals surface area contributed by atoms with Crippen molar-refractivity contribution in [2.24, 2.45) is 5.92 Å². The first-order valence-electron chi connectivity index (χ1n) is 6.30. The Labute approximate surface area is 116 Å². The zero-order valence-corrected chi connectivity index (χ0v) is 11.3. The molecule has 1 atom stereocenters. The van der Waals surface area contributed by atoms with E-state index < -0.39 is 17.9 Å². The van der Waals surface area contributed by atoms with Crippen molar-refractivity contribution in [3.63, 3.8) is 0 Å². The molecular weight excluding hydrogens is 265 g/mol. The largest absolute Gasteiger partial charge is 0.481 e. The van der Waals surface area contributed by atoms with Gasteiger partial charge in [-0.25, -0.2) is 4.39 Å². The Hall–Kier alpha value is -1.95. The predicted molar refractivity (Wildman–Crippen MR) is 71.0 cm³/mol. The van der Waals surface area contributed by atoms with Crippen LogP contribution in [0, 0.1) is 11.7 Å². The highest BCUT2D eigenvalue weighted by atomic mass is 19.1. The van der Waals surface area contributed by atoms with E-state index in [-0.39, 0.29) is 18.9 Å². The molecule has 0 aliphatic carbocycles. The third kappa shape index (κ3) is 5.79. The lowest BCUT2D eigenvalue weighted by Crippen LogP contribution is -2.37. The quantitative estimate of drug-likeness (QED) is 0.755. The van der Waals surface area contributed by atoms with Crippen LogP contribution in [0.15, 0.2) is 24.3 Å². The maximum Gasteiger partial charge on any atom is 0.317 e. The summed E-state index contributed by atoms with van der Waals surface area (Å²) in [5.74, 6) is -2.91. The molecule has 0 amide bonds. The van der Waals surface area contributed by atoms with Crippen LogP contribution < -0.4 is 0 Å². The van der Waals surface area contributed by atoms with Crippen LogP contribution in [0.3, 0.4) is 0 Å². The van der Waals surface area contributed by atoms with Crippen molar-refractivity contribution < 1.29 is 24.2 Å². The Morgan fingerprint density at radius 1 is 1.25 bits per heavy atom. The molecule has 0 saturated carbocycles. The van der Waals surface area contributed by atoms with Gasteiger partial charge in [0.2, 0.25) is 0 Å². The predicted octanol–water partition coefficient (Wildman–Crippen LogP) is 1.48. The number of halogens is 1. The second kappa shape index (κ2) is 7.59. The first kappa shape index (κ1) is 16.1. The summed E-state index contributed by atoms with van der Waals surface area (Å²) in [6.45, 7) is 1.91. The molecular formula is C14H18FNO4. The molecule has 1 rings (SSSR count). The Morgan fingerprint density at radius 3 is 2.35 bits per heavy atom. The van der Waals surface area contributed by atoms with Crippen LogP contribution in [0.5, 0.6) is 0 Å². The van der Waals surface area contributed by atoms with E-state index >= 15 is 0 Å². The van der Waals surface area contributed by atoms with Gasteiger partial charge in [0.05, 0.1) is 12.5 Å². The molecule has 0 bridgehead atoms. The van der Waals surface area contributed by atoms with E-state index in [2.05, 4.69) is 0 Å². The van der Waals surface area contributed by atoms with Crippen LogP contribution in [0.1, 0.15) is 12.5 Å². The van der Waals surface area contributed by atoms with E-state index in [0.717, 1.165) is 5.56 Å². The van der Waals surface area contributed by atoms with Crippen molar-refractivity contribution in [3.8, 4) is 0 Å². The number of nitrogens with zero attached hydrogens (tertiary/aromatic N) is 1. The summed E-state index contributed by atoms with van der Waals surface area (Å²) in [5, 5.41) is 17.7. The number of hydrogen-bond acceptors (Lipinski definition) is 3. The van der Waals surface area contributed by atoms with Crippen LogP contribution in [-0.4, -0.2) is 46.7 Å². The minimum Gasteiger partial charge on any atom is -0.481 e. The molecule has 0 aromatic heterocycles. The molecule has 1 aromatic rings. The summed E-state index contributed by atoms with van der Waals surface area (Å²) in [6.07, 6.45) is 0.542. The highest BCUT2D eigenvalue weighted by Gasteiger charge is 2.18. The van der Waals surface area contributed by atoms with Crippen molar-refractivity contribution in [2.75, 3.05) is 19.6 Å². The molecule has 0 radical (unpaired) electrons. The summed E-state index contributed by atoms with van der Waals surface area (Å²) in [4.78, 5) is 23.2. The van der Waals surface area contributed by atoms with Crippen molar-refractivity contribution in [1.29, 1.82) is 0 Å². The van der Waals surface area contributed by atoms with E-state index in [0.29, 0.717) is 13.0 Å². The van der Waals surface area contributed by atoms with Gasteiger partial charge in [-0.3, -0.25) is 14.5 Å². The number of benzene rings is 1. The topological polar surface area (TPSA) is 77.8 Å². The fraction of sp³-hybridized carbons (Fsp3) is 0.429. The number of carbonyl (C=O) groups is 2. The lowest BCUT2D eigenvalue weighted by molar-refractivity contribution is -0.144. The molecule has 1 unspecified atom stereocenters. The number of aliphatic carboxylic acids is 2. The molecule has 0 aliphatic rings. The monoisotopic (exact) mass is 283 g/mol. The van der Waals surface area contributed by atoms with Gasteiger partial charge in [0.15, 0.2) is 0 Å². The number of carboxylic acids is 2. The average molecular weight is 283 g/mol. The van der Waals surface area contributed by atoms with Crippen molar-refractivity contribution >= 4 is 11.9 Å². The Bertz CT molecular complexity index is 461. The molecule has 110 valence electrons. The van der Waals surface area contributed by atoms with Gasteiger partial charge in [-0.15, -0.1) is 0 Å². The lowest BCUT2D eigenvalue weighted by Gasteiger charge is -2.22. The zero-order chi connectivity index (χ0) is 15.1. The maximum absolute atomic E-state index is 12.8. The third-order valence-electron chi connectivity index (χ3n) is 2.94. The van der Waals surface area contributed by atoms with E-state index in [1.807, 2.05) is 0 Å². The van der Waals surface area contributed by atoms with Gasteiger partial charge in [-0.1, -0.05) is 19.1 Å². The van der Waals surface area contributed by atoms with Crippen LogP contribution in [0.4, 0.5) is 4.39 Å². The van der Waals surface area contributed by atoms with Crippen LogP contribution >= 0.6 is 0 Å². The lowest BCUT2D eigenvalue weighted by atomic mass is 10.1. The normalized spacial score (nSPS) is 12.3. The van der Waals surface area contributed by atoms with Crippen LogP contribution in [-0.2, 0) is 16.0 Å². The Balaban J connectivity index is 2.57. The van der Waals surface area contributed by atoms with Crippen molar-refractivity contribution in [3.05, 3.63) is 35.6 Å². The molecule has 0 aliphatic heterocycles. The highest BCUT2D eigenvalue weighted by molar-refractivity contribution is 5.71. The second-order valence-corrected chi connectivity index (χ2v) is 4.74. The molecule has 2 N–H and O–H groups in total. The van der Waals surface area contributed by atoms with Gasteiger partial charge in [-0.05, 0) is 24.1 Å². The molecule has 5 nitrogen and oxygen atoms in total. The molecule has 0 fully saturated rings. The fourth-order valence-corrected chi connectivity index (χ4v) is 1.83. The number of hydrogen-bond donors (Lipinski definition) is 2. The molecule has 6 heteroatoms.